The van der Waals surface area contributed by atoms with Gasteiger partial charge in [0.25, 0.3) is 0 Å². The van der Waals surface area contributed by atoms with Crippen molar-refractivity contribution in [1.82, 2.24) is 0 Å². The monoisotopic (exact) mass is 374 g/mol. The van der Waals surface area contributed by atoms with Gasteiger partial charge in [0.15, 0.2) is 0 Å². The summed E-state index contributed by atoms with van der Waals surface area (Å²) in [5.74, 6) is 0.438. The lowest BCUT2D eigenvalue weighted by atomic mass is 9.85. The number of allylic oxidation sites excluding steroid dienone is 4. The van der Waals surface area contributed by atoms with E-state index in [4.69, 9.17) is 14.2 Å². The molecule has 0 aromatic carbocycles. The Morgan fingerprint density at radius 1 is 1.30 bits per heavy atom. The quantitative estimate of drug-likeness (QED) is 0.279. The lowest BCUT2D eigenvalue weighted by molar-refractivity contribution is -0.158. The van der Waals surface area contributed by atoms with Crippen molar-refractivity contribution in [1.29, 1.82) is 0 Å². The molecule has 148 valence electrons. The normalized spacial score (nSPS) is 34.1. The fourth-order valence-corrected chi connectivity index (χ4v) is 4.17. The fraction of sp³-hybridized carbons (Fsp3) is 0.636. The van der Waals surface area contributed by atoms with E-state index in [2.05, 4.69) is 18.2 Å². The van der Waals surface area contributed by atoms with Gasteiger partial charge >= 0.3 is 11.9 Å². The molecule has 0 aromatic rings. The maximum Gasteiger partial charge on any atom is 0.306 e. The van der Waals surface area contributed by atoms with Gasteiger partial charge in [-0.15, -0.1) is 0 Å². The van der Waals surface area contributed by atoms with E-state index < -0.39 is 0 Å². The van der Waals surface area contributed by atoms with Crippen molar-refractivity contribution >= 4 is 11.9 Å². The van der Waals surface area contributed by atoms with Gasteiger partial charge in [0, 0.05) is 25.2 Å². The Hall–Kier alpha value is -1.88. The Labute approximate surface area is 161 Å². The van der Waals surface area contributed by atoms with Crippen LogP contribution in [0.25, 0.3) is 0 Å². The highest BCUT2D eigenvalue weighted by molar-refractivity contribution is 5.70. The van der Waals surface area contributed by atoms with Crippen molar-refractivity contribution in [3.05, 3.63) is 36.5 Å². The molecule has 5 heteroatoms. The summed E-state index contributed by atoms with van der Waals surface area (Å²) in [5, 5.41) is 0. The maximum atomic E-state index is 11.6. The number of carbonyl (C=O) groups excluding carboxylic acids is 2. The van der Waals surface area contributed by atoms with E-state index >= 15 is 0 Å². The molecule has 3 aliphatic rings. The number of carbonyl (C=O) groups is 2. The smallest absolute Gasteiger partial charge is 0.306 e. The van der Waals surface area contributed by atoms with Crippen LogP contribution in [0.5, 0.6) is 0 Å². The number of hydrogen-bond acceptors (Lipinski definition) is 5. The van der Waals surface area contributed by atoms with Gasteiger partial charge in [0.2, 0.25) is 0 Å². The molecule has 27 heavy (non-hydrogen) atoms. The van der Waals surface area contributed by atoms with Crippen LogP contribution in [0.2, 0.25) is 0 Å². The Kier molecular flexibility index (Phi) is 6.89. The summed E-state index contributed by atoms with van der Waals surface area (Å²) in [7, 11) is 0. The fourth-order valence-electron chi connectivity index (χ4n) is 4.17. The molecule has 0 spiro atoms. The zero-order chi connectivity index (χ0) is 19.2. The molecule has 1 aliphatic carbocycles. The third kappa shape index (κ3) is 5.55. The van der Waals surface area contributed by atoms with E-state index in [0.29, 0.717) is 30.5 Å². The molecular weight excluding hydrogens is 344 g/mol. The molecule has 0 radical (unpaired) electrons. The van der Waals surface area contributed by atoms with Gasteiger partial charge in [0.1, 0.15) is 12.2 Å². The van der Waals surface area contributed by atoms with Crippen molar-refractivity contribution in [3.8, 4) is 0 Å². The SMILES string of the molecule is CC[C@@H](/C=C/C=C\C/C=C/[C@H]1[C@@H]2O[C@@H]2C[C@@H]1C1CCCC(=O)O1)OC(C)=O. The van der Waals surface area contributed by atoms with E-state index in [1.807, 2.05) is 25.2 Å². The number of fused-ring (bicyclic) bond motifs is 1. The van der Waals surface area contributed by atoms with Gasteiger partial charge in [-0.25, -0.2) is 0 Å². The van der Waals surface area contributed by atoms with Gasteiger partial charge < -0.3 is 14.2 Å². The predicted octanol–water partition coefficient (Wildman–Crippen LogP) is 3.89. The first kappa shape index (κ1) is 19.9. The average molecular weight is 374 g/mol. The van der Waals surface area contributed by atoms with E-state index in [0.717, 1.165) is 32.1 Å². The third-order valence-electron chi connectivity index (χ3n) is 5.55. The zero-order valence-corrected chi connectivity index (χ0v) is 16.2. The second-order valence-electron chi connectivity index (χ2n) is 7.57. The second kappa shape index (κ2) is 9.36. The topological polar surface area (TPSA) is 65.1 Å². The van der Waals surface area contributed by atoms with E-state index in [9.17, 15) is 9.59 Å². The Morgan fingerprint density at radius 3 is 2.89 bits per heavy atom. The zero-order valence-electron chi connectivity index (χ0n) is 16.2. The molecule has 2 saturated heterocycles. The van der Waals surface area contributed by atoms with Crippen LogP contribution < -0.4 is 0 Å². The molecule has 0 aromatic heterocycles. The first-order valence-electron chi connectivity index (χ1n) is 10.1. The maximum absolute atomic E-state index is 11.6. The Bertz CT molecular complexity index is 620. The van der Waals surface area contributed by atoms with Crippen LogP contribution in [0.1, 0.15) is 52.4 Å². The summed E-state index contributed by atoms with van der Waals surface area (Å²) in [6, 6.07) is 0. The number of rotatable bonds is 8. The molecule has 5 nitrogen and oxygen atoms in total. The van der Waals surface area contributed by atoms with Crippen molar-refractivity contribution < 1.29 is 23.8 Å². The van der Waals surface area contributed by atoms with E-state index in [-0.39, 0.29) is 24.1 Å². The van der Waals surface area contributed by atoms with Gasteiger partial charge in [-0.3, -0.25) is 9.59 Å². The lowest BCUT2D eigenvalue weighted by Crippen LogP contribution is -2.34. The molecule has 0 N–H and O–H groups in total. The Balaban J connectivity index is 1.45. The van der Waals surface area contributed by atoms with Gasteiger partial charge in [-0.1, -0.05) is 37.3 Å². The lowest BCUT2D eigenvalue weighted by Gasteiger charge is -2.31. The number of epoxide rings is 1. The molecule has 3 rings (SSSR count). The van der Waals surface area contributed by atoms with Crippen LogP contribution in [0.4, 0.5) is 0 Å². The van der Waals surface area contributed by atoms with Crippen molar-refractivity contribution in [2.75, 3.05) is 0 Å². The third-order valence-corrected chi connectivity index (χ3v) is 5.55. The molecule has 3 fully saturated rings. The molecule has 0 amide bonds. The largest absolute Gasteiger partial charge is 0.462 e. The standard InChI is InChI=1S/C22H30O5/c1-3-16(25-15(2)23)10-7-5-4-6-8-11-17-18(14-20-22(17)27-20)19-12-9-13-21(24)26-19/h4-5,7-8,10-11,16-20,22H,3,6,9,12-14H2,1-2H3/b5-4-,10-7+,11-8+/t16-,17+,18-,19?,20+,22-/m0/s1. The van der Waals surface area contributed by atoms with Crippen molar-refractivity contribution in [2.24, 2.45) is 11.8 Å². The molecule has 2 heterocycles. The number of hydrogen-bond donors (Lipinski definition) is 0. The summed E-state index contributed by atoms with van der Waals surface area (Å²) < 4.78 is 16.5. The summed E-state index contributed by atoms with van der Waals surface area (Å²) in [6.07, 6.45) is 17.9. The minimum Gasteiger partial charge on any atom is -0.462 e. The minimum atomic E-state index is -0.256. The molecule has 1 saturated carbocycles. The summed E-state index contributed by atoms with van der Waals surface area (Å²) in [4.78, 5) is 22.6. The van der Waals surface area contributed by atoms with Gasteiger partial charge in [-0.2, -0.15) is 0 Å². The van der Waals surface area contributed by atoms with Crippen molar-refractivity contribution in [3.63, 3.8) is 0 Å². The summed E-state index contributed by atoms with van der Waals surface area (Å²) in [5.41, 5.74) is 0. The van der Waals surface area contributed by atoms with E-state index in [1.165, 1.54) is 6.92 Å². The highest BCUT2D eigenvalue weighted by atomic mass is 16.6. The summed E-state index contributed by atoms with van der Waals surface area (Å²) in [6.45, 7) is 3.41. The van der Waals surface area contributed by atoms with Crippen LogP contribution in [0.3, 0.4) is 0 Å². The molecular formula is C22H30O5. The minimum absolute atomic E-state index is 0.0515. The van der Waals surface area contributed by atoms with Crippen LogP contribution >= 0.6 is 0 Å². The molecule has 0 bridgehead atoms. The van der Waals surface area contributed by atoms with Crippen LogP contribution in [0.15, 0.2) is 36.5 Å². The average Bonchev–Trinajstić information content (AvgIpc) is 3.32. The highest BCUT2D eigenvalue weighted by Crippen LogP contribution is 2.50. The van der Waals surface area contributed by atoms with Gasteiger partial charge in [0.05, 0.1) is 12.2 Å². The first-order chi connectivity index (χ1) is 13.1. The highest BCUT2D eigenvalue weighted by Gasteiger charge is 2.57. The van der Waals surface area contributed by atoms with Crippen LogP contribution in [0, 0.1) is 11.8 Å². The Morgan fingerprint density at radius 2 is 2.15 bits per heavy atom. The number of cyclic esters (lactones) is 1. The van der Waals surface area contributed by atoms with Crippen LogP contribution in [-0.4, -0.2) is 36.4 Å². The molecule has 1 unspecified atom stereocenters. The number of esters is 2. The number of ether oxygens (including phenoxy) is 3. The first-order valence-corrected chi connectivity index (χ1v) is 10.1. The van der Waals surface area contributed by atoms with Crippen LogP contribution in [-0.2, 0) is 23.8 Å². The van der Waals surface area contributed by atoms with Gasteiger partial charge in [-0.05, 0) is 38.2 Å². The molecule has 2 aliphatic heterocycles. The molecule has 6 atom stereocenters. The predicted molar refractivity (Wildman–Crippen MR) is 102 cm³/mol. The van der Waals surface area contributed by atoms with Crippen molar-refractivity contribution in [2.45, 2.75) is 76.8 Å². The van der Waals surface area contributed by atoms with E-state index in [1.54, 1.807) is 0 Å². The summed E-state index contributed by atoms with van der Waals surface area (Å²) >= 11 is 0. The second-order valence-corrected chi connectivity index (χ2v) is 7.57.